The first-order valence-corrected chi connectivity index (χ1v) is 16.4. The summed E-state index contributed by atoms with van der Waals surface area (Å²) in [6.45, 7) is 9.83. The second kappa shape index (κ2) is 23.8. The van der Waals surface area contributed by atoms with Crippen molar-refractivity contribution < 1.29 is 38.0 Å². The fraction of sp³-hybridized carbons (Fsp3) is 0.629. The van der Waals surface area contributed by atoms with E-state index in [1.54, 1.807) is 0 Å². The Balaban J connectivity index is 1.02. The summed E-state index contributed by atoms with van der Waals surface area (Å²) in [5.74, 6) is 0.0608. The van der Waals surface area contributed by atoms with Crippen LogP contribution in [0.2, 0.25) is 0 Å². The molecule has 0 atom stereocenters. The maximum absolute atomic E-state index is 12.2. The molecule has 2 aromatic rings. The number of alkyl carbamates (subject to hydrolysis) is 1. The van der Waals surface area contributed by atoms with E-state index in [2.05, 4.69) is 36.5 Å². The molecule has 0 fully saturated rings. The minimum atomic E-state index is -0.405. The van der Waals surface area contributed by atoms with Crippen molar-refractivity contribution >= 4 is 6.09 Å². The molecule has 0 spiro atoms. The van der Waals surface area contributed by atoms with Gasteiger partial charge >= 0.3 is 6.09 Å². The van der Waals surface area contributed by atoms with Crippen molar-refractivity contribution in [3.8, 4) is 11.1 Å². The zero-order valence-electron chi connectivity index (χ0n) is 26.6. The van der Waals surface area contributed by atoms with Gasteiger partial charge in [0.2, 0.25) is 0 Å². The number of carbonyl (C=O) groups is 1. The zero-order chi connectivity index (χ0) is 30.9. The molecule has 2 aromatic carbocycles. The lowest BCUT2D eigenvalue weighted by molar-refractivity contribution is -0.0169. The third-order valence-electron chi connectivity index (χ3n) is 7.33. The highest BCUT2D eigenvalue weighted by molar-refractivity contribution is 5.79. The Morgan fingerprint density at radius 3 is 1.50 bits per heavy atom. The molecule has 246 valence electrons. The van der Waals surface area contributed by atoms with Gasteiger partial charge < -0.3 is 38.5 Å². The number of carbonyl (C=O) groups excluding carboxylic acids is 1. The van der Waals surface area contributed by atoms with Crippen LogP contribution in [0.15, 0.2) is 48.5 Å². The predicted octanol–water partition coefficient (Wildman–Crippen LogP) is 5.99. The molecule has 0 radical (unpaired) electrons. The fourth-order valence-corrected chi connectivity index (χ4v) is 5.02. The highest BCUT2D eigenvalue weighted by Gasteiger charge is 2.28. The van der Waals surface area contributed by atoms with E-state index in [0.717, 1.165) is 13.0 Å². The molecular weight excluding hydrogens is 562 g/mol. The summed E-state index contributed by atoms with van der Waals surface area (Å²) in [5, 5.41) is 2.81. The van der Waals surface area contributed by atoms with Crippen molar-refractivity contribution in [1.29, 1.82) is 0 Å². The molecule has 0 saturated carbocycles. The van der Waals surface area contributed by atoms with Gasteiger partial charge in [-0.1, -0.05) is 81.1 Å². The molecule has 0 bridgehead atoms. The Hall–Kier alpha value is -2.53. The molecule has 0 aliphatic heterocycles. The van der Waals surface area contributed by atoms with Crippen molar-refractivity contribution in [3.63, 3.8) is 0 Å². The van der Waals surface area contributed by atoms with Crippen molar-refractivity contribution in [3.05, 3.63) is 59.7 Å². The van der Waals surface area contributed by atoms with Crippen LogP contribution in [0.1, 0.15) is 62.5 Å². The Morgan fingerprint density at radius 1 is 0.568 bits per heavy atom. The molecule has 9 heteroatoms. The number of fused-ring (bicyclic) bond motifs is 3. The summed E-state index contributed by atoms with van der Waals surface area (Å²) in [4.78, 5) is 12.2. The number of rotatable bonds is 27. The van der Waals surface area contributed by atoms with Gasteiger partial charge in [-0.15, -0.1) is 0 Å². The molecule has 0 heterocycles. The Morgan fingerprint density at radius 2 is 1.00 bits per heavy atom. The van der Waals surface area contributed by atoms with Crippen LogP contribution in [0, 0.1) is 0 Å². The van der Waals surface area contributed by atoms with Crippen molar-refractivity contribution in [2.75, 3.05) is 92.4 Å². The van der Waals surface area contributed by atoms with E-state index >= 15 is 0 Å². The van der Waals surface area contributed by atoms with Crippen LogP contribution in [-0.2, 0) is 33.2 Å². The summed E-state index contributed by atoms with van der Waals surface area (Å²) in [5.41, 5.74) is 4.84. The minimum Gasteiger partial charge on any atom is -0.449 e. The number of nitrogens with one attached hydrogen (secondary N) is 1. The molecule has 0 unspecified atom stereocenters. The van der Waals surface area contributed by atoms with E-state index in [9.17, 15) is 4.79 Å². The average Bonchev–Trinajstić information content (AvgIpc) is 3.37. The summed E-state index contributed by atoms with van der Waals surface area (Å²) in [6.07, 6.45) is 6.56. The summed E-state index contributed by atoms with van der Waals surface area (Å²) in [7, 11) is 0. The molecule has 9 nitrogen and oxygen atoms in total. The van der Waals surface area contributed by atoms with Crippen LogP contribution in [0.5, 0.6) is 0 Å². The number of hydrogen-bond donors (Lipinski definition) is 1. The largest absolute Gasteiger partial charge is 0.449 e. The monoisotopic (exact) mass is 615 g/mol. The molecule has 3 rings (SSSR count). The number of benzene rings is 2. The van der Waals surface area contributed by atoms with Crippen molar-refractivity contribution in [1.82, 2.24) is 5.32 Å². The number of hydrogen-bond acceptors (Lipinski definition) is 8. The maximum atomic E-state index is 12.2. The van der Waals surface area contributed by atoms with Gasteiger partial charge in [0.25, 0.3) is 0 Å². The Bertz CT molecular complexity index is 974. The smallest absolute Gasteiger partial charge is 0.407 e. The van der Waals surface area contributed by atoms with Crippen LogP contribution in [-0.4, -0.2) is 98.5 Å². The lowest BCUT2D eigenvalue weighted by Crippen LogP contribution is -2.27. The third-order valence-corrected chi connectivity index (χ3v) is 7.33. The number of amides is 1. The first-order valence-electron chi connectivity index (χ1n) is 16.4. The van der Waals surface area contributed by atoms with Gasteiger partial charge in [0.05, 0.1) is 66.1 Å². The number of unbranched alkanes of at least 4 members (excludes halogenated alkanes) is 4. The van der Waals surface area contributed by atoms with Gasteiger partial charge in [-0.05, 0) is 35.1 Å². The molecular formula is C35H53NO8. The first kappa shape index (κ1) is 35.9. The highest BCUT2D eigenvalue weighted by Crippen LogP contribution is 2.44. The fourth-order valence-electron chi connectivity index (χ4n) is 5.02. The lowest BCUT2D eigenvalue weighted by Gasteiger charge is -2.14. The Kier molecular flexibility index (Phi) is 19.4. The van der Waals surface area contributed by atoms with E-state index in [1.807, 2.05) is 24.3 Å². The molecule has 1 aliphatic rings. The normalized spacial score (nSPS) is 12.3. The Labute approximate surface area is 263 Å². The second-order valence-corrected chi connectivity index (χ2v) is 10.7. The lowest BCUT2D eigenvalue weighted by atomic mass is 9.98. The first-order chi connectivity index (χ1) is 21.8. The van der Waals surface area contributed by atoms with E-state index in [0.29, 0.717) is 92.2 Å². The highest BCUT2D eigenvalue weighted by atomic mass is 16.6. The van der Waals surface area contributed by atoms with Crippen LogP contribution >= 0.6 is 0 Å². The van der Waals surface area contributed by atoms with Crippen LogP contribution in [0.25, 0.3) is 11.1 Å². The van der Waals surface area contributed by atoms with Gasteiger partial charge in [-0.25, -0.2) is 4.79 Å². The predicted molar refractivity (Wildman–Crippen MR) is 171 cm³/mol. The quantitative estimate of drug-likeness (QED) is 0.123. The van der Waals surface area contributed by atoms with Gasteiger partial charge in [0, 0.05) is 25.7 Å². The summed E-state index contributed by atoms with van der Waals surface area (Å²) < 4.78 is 38.7. The maximum Gasteiger partial charge on any atom is 0.407 e. The van der Waals surface area contributed by atoms with Crippen molar-refractivity contribution in [2.24, 2.45) is 0 Å². The van der Waals surface area contributed by atoms with Gasteiger partial charge in [-0.3, -0.25) is 0 Å². The molecule has 1 N–H and O–H groups in total. The van der Waals surface area contributed by atoms with Crippen LogP contribution < -0.4 is 5.32 Å². The number of ether oxygens (including phenoxy) is 7. The molecule has 44 heavy (non-hydrogen) atoms. The topological polar surface area (TPSA) is 93.7 Å². The molecule has 0 saturated heterocycles. The van der Waals surface area contributed by atoms with E-state index in [1.165, 1.54) is 47.9 Å². The average molecular weight is 616 g/mol. The summed E-state index contributed by atoms with van der Waals surface area (Å²) in [6, 6.07) is 16.6. The van der Waals surface area contributed by atoms with Gasteiger partial charge in [0.15, 0.2) is 0 Å². The molecule has 1 amide bonds. The van der Waals surface area contributed by atoms with E-state index < -0.39 is 6.09 Å². The van der Waals surface area contributed by atoms with E-state index in [4.69, 9.17) is 33.2 Å². The molecule has 0 aromatic heterocycles. The van der Waals surface area contributed by atoms with Gasteiger partial charge in [-0.2, -0.15) is 0 Å². The van der Waals surface area contributed by atoms with Gasteiger partial charge in [0.1, 0.15) is 6.61 Å². The SMILES string of the molecule is CCCCCCCOCCOCCOCCOCCOCCOCCCNC(=O)OCC1c2ccccc2-c2ccccc21. The van der Waals surface area contributed by atoms with Crippen LogP contribution in [0.3, 0.4) is 0 Å². The summed E-state index contributed by atoms with van der Waals surface area (Å²) >= 11 is 0. The molecule has 1 aliphatic carbocycles. The zero-order valence-corrected chi connectivity index (χ0v) is 26.6. The van der Waals surface area contributed by atoms with Crippen molar-refractivity contribution in [2.45, 2.75) is 51.4 Å². The van der Waals surface area contributed by atoms with E-state index in [-0.39, 0.29) is 5.92 Å². The van der Waals surface area contributed by atoms with Crippen LogP contribution in [0.4, 0.5) is 4.79 Å². The second-order valence-electron chi connectivity index (χ2n) is 10.7. The minimum absolute atomic E-state index is 0.0608. The standard InChI is InChI=1S/C35H53NO8/c1-2-3-4-5-10-17-38-19-21-40-23-25-42-27-28-43-26-24-41-22-20-39-18-11-16-36-35(37)44-29-34-32-14-8-6-12-30(32)31-13-7-9-15-33(31)34/h6-9,12-15,34H,2-5,10-11,16-29H2,1H3,(H,36,37). The third kappa shape index (κ3) is 14.5.